The van der Waals surface area contributed by atoms with Crippen LogP contribution in [-0.4, -0.2) is 18.0 Å². The first-order valence-corrected chi connectivity index (χ1v) is 7.73. The van der Waals surface area contributed by atoms with Gasteiger partial charge >= 0.3 is 5.97 Å². The van der Waals surface area contributed by atoms with E-state index in [1.807, 2.05) is 6.07 Å². The molecule has 4 nitrogen and oxygen atoms in total. The fourth-order valence-corrected chi connectivity index (χ4v) is 2.32. The molecular weight excluding hydrogens is 365 g/mol. The van der Waals surface area contributed by atoms with E-state index in [4.69, 9.17) is 4.74 Å². The summed E-state index contributed by atoms with van der Waals surface area (Å²) in [5.74, 6) is -1.45. The van der Waals surface area contributed by atoms with Crippen molar-refractivity contribution >= 4 is 33.5 Å². The predicted molar refractivity (Wildman–Crippen MR) is 88.4 cm³/mol. The average Bonchev–Trinajstić information content (AvgIpc) is 2.47. The number of halogens is 2. The Labute approximate surface area is 141 Å². The summed E-state index contributed by atoms with van der Waals surface area (Å²) in [7, 11) is 0. The number of hydrogen-bond acceptors (Lipinski definition) is 3. The topological polar surface area (TPSA) is 55.4 Å². The maximum Gasteiger partial charge on any atom is 0.311 e. The maximum absolute atomic E-state index is 13.1. The number of carbonyl (C=O) groups excluding carboxylic acids is 2. The van der Waals surface area contributed by atoms with Crippen molar-refractivity contribution < 1.29 is 18.7 Å². The van der Waals surface area contributed by atoms with Crippen LogP contribution in [0.25, 0.3) is 0 Å². The lowest BCUT2D eigenvalue weighted by molar-refractivity contribution is -0.152. The molecule has 2 aromatic rings. The van der Waals surface area contributed by atoms with E-state index >= 15 is 0 Å². The number of anilines is 1. The second kappa shape index (κ2) is 7.87. The van der Waals surface area contributed by atoms with Crippen LogP contribution in [0.3, 0.4) is 0 Å². The summed E-state index contributed by atoms with van der Waals surface area (Å²) in [5, 5.41) is 2.65. The van der Waals surface area contributed by atoms with Crippen molar-refractivity contribution in [2.24, 2.45) is 0 Å². The van der Waals surface area contributed by atoms with Crippen LogP contribution in [0.15, 0.2) is 53.0 Å². The molecule has 0 aromatic heterocycles. The van der Waals surface area contributed by atoms with E-state index in [2.05, 4.69) is 21.2 Å². The zero-order chi connectivity index (χ0) is 16.8. The van der Waals surface area contributed by atoms with Gasteiger partial charge in [-0.05, 0) is 42.8 Å². The second-order valence-corrected chi connectivity index (χ2v) is 5.85. The Morgan fingerprint density at radius 1 is 1.22 bits per heavy atom. The highest BCUT2D eigenvalue weighted by molar-refractivity contribution is 9.10. The summed E-state index contributed by atoms with van der Waals surface area (Å²) in [4.78, 5) is 23.8. The molecule has 1 amide bonds. The number of benzene rings is 2. The van der Waals surface area contributed by atoms with Crippen LogP contribution in [0.4, 0.5) is 10.1 Å². The standard InChI is InChI=1S/C17H15BrFNO3/c1-11(17(22)20-15-7-3-5-13(18)10-15)23-16(21)9-12-4-2-6-14(19)8-12/h2-8,10-11H,9H2,1H3,(H,20,22)/t11-/m1/s1. The fraction of sp³-hybridized carbons (Fsp3) is 0.176. The van der Waals surface area contributed by atoms with Crippen LogP contribution < -0.4 is 5.32 Å². The van der Waals surface area contributed by atoms with Crippen molar-refractivity contribution in [3.8, 4) is 0 Å². The van der Waals surface area contributed by atoms with Crippen molar-refractivity contribution in [1.29, 1.82) is 0 Å². The molecular formula is C17H15BrFNO3. The van der Waals surface area contributed by atoms with Crippen molar-refractivity contribution in [3.63, 3.8) is 0 Å². The summed E-state index contributed by atoms with van der Waals surface area (Å²) in [6.45, 7) is 1.48. The van der Waals surface area contributed by atoms with E-state index in [0.29, 0.717) is 11.3 Å². The number of hydrogen-bond donors (Lipinski definition) is 1. The molecule has 0 bridgehead atoms. The normalized spacial score (nSPS) is 11.6. The van der Waals surface area contributed by atoms with Gasteiger partial charge < -0.3 is 10.1 Å². The summed E-state index contributed by atoms with van der Waals surface area (Å²) in [5.41, 5.74) is 1.09. The third-order valence-electron chi connectivity index (χ3n) is 3.01. The van der Waals surface area contributed by atoms with Crippen LogP contribution in [0.5, 0.6) is 0 Å². The van der Waals surface area contributed by atoms with Gasteiger partial charge in [0.25, 0.3) is 5.91 Å². The van der Waals surface area contributed by atoms with E-state index in [9.17, 15) is 14.0 Å². The first-order valence-electron chi connectivity index (χ1n) is 6.94. The van der Waals surface area contributed by atoms with Gasteiger partial charge in [0.2, 0.25) is 0 Å². The molecule has 1 N–H and O–H groups in total. The van der Waals surface area contributed by atoms with Gasteiger partial charge in [-0.25, -0.2) is 4.39 Å². The molecule has 6 heteroatoms. The SMILES string of the molecule is C[C@@H](OC(=O)Cc1cccc(F)c1)C(=O)Nc1cccc(Br)c1. The molecule has 1 atom stereocenters. The minimum atomic E-state index is -0.949. The Hall–Kier alpha value is -2.21. The molecule has 0 aliphatic carbocycles. The highest BCUT2D eigenvalue weighted by Crippen LogP contribution is 2.16. The van der Waals surface area contributed by atoms with Crippen molar-refractivity contribution in [3.05, 3.63) is 64.4 Å². The highest BCUT2D eigenvalue weighted by atomic mass is 79.9. The van der Waals surface area contributed by atoms with Gasteiger partial charge in [0.05, 0.1) is 6.42 Å². The summed E-state index contributed by atoms with van der Waals surface area (Å²) in [6, 6.07) is 12.8. The highest BCUT2D eigenvalue weighted by Gasteiger charge is 2.18. The summed E-state index contributed by atoms with van der Waals surface area (Å²) in [6.07, 6.45) is -1.04. The van der Waals surface area contributed by atoms with Crippen LogP contribution in [0.1, 0.15) is 12.5 Å². The number of amides is 1. The van der Waals surface area contributed by atoms with Crippen LogP contribution in [-0.2, 0) is 20.7 Å². The van der Waals surface area contributed by atoms with Crippen molar-refractivity contribution in [2.75, 3.05) is 5.32 Å². The molecule has 2 rings (SSSR count). The molecule has 0 unspecified atom stereocenters. The molecule has 23 heavy (non-hydrogen) atoms. The lowest BCUT2D eigenvalue weighted by atomic mass is 10.1. The first-order chi connectivity index (χ1) is 10.9. The quantitative estimate of drug-likeness (QED) is 0.805. The van der Waals surface area contributed by atoms with Crippen LogP contribution in [0, 0.1) is 5.82 Å². The zero-order valence-electron chi connectivity index (χ0n) is 12.4. The molecule has 2 aromatic carbocycles. The monoisotopic (exact) mass is 379 g/mol. The molecule has 0 fully saturated rings. The van der Waals surface area contributed by atoms with Gasteiger partial charge in [0, 0.05) is 10.2 Å². The smallest absolute Gasteiger partial charge is 0.311 e. The molecule has 0 aliphatic heterocycles. The van der Waals surface area contributed by atoms with Gasteiger partial charge in [-0.3, -0.25) is 9.59 Å². The Morgan fingerprint density at radius 3 is 2.65 bits per heavy atom. The molecule has 120 valence electrons. The van der Waals surface area contributed by atoms with Crippen molar-refractivity contribution in [2.45, 2.75) is 19.4 Å². The number of nitrogens with one attached hydrogen (secondary N) is 1. The third-order valence-corrected chi connectivity index (χ3v) is 3.50. The van der Waals surface area contributed by atoms with Gasteiger partial charge in [-0.1, -0.05) is 34.1 Å². The molecule has 0 radical (unpaired) electrons. The number of carbonyl (C=O) groups is 2. The molecule has 0 heterocycles. The van der Waals surface area contributed by atoms with Crippen LogP contribution in [0.2, 0.25) is 0 Å². The van der Waals surface area contributed by atoms with E-state index in [-0.39, 0.29) is 6.42 Å². The summed E-state index contributed by atoms with van der Waals surface area (Å²) < 4.78 is 19.0. The lowest BCUT2D eigenvalue weighted by Gasteiger charge is -2.13. The molecule has 0 saturated carbocycles. The van der Waals surface area contributed by atoms with Crippen molar-refractivity contribution in [1.82, 2.24) is 0 Å². The Morgan fingerprint density at radius 2 is 1.96 bits per heavy atom. The fourth-order valence-electron chi connectivity index (χ4n) is 1.92. The van der Waals surface area contributed by atoms with Gasteiger partial charge in [0.15, 0.2) is 6.10 Å². The van der Waals surface area contributed by atoms with E-state index in [1.165, 1.54) is 25.1 Å². The average molecular weight is 380 g/mol. The largest absolute Gasteiger partial charge is 0.452 e. The first kappa shape index (κ1) is 17.1. The number of ether oxygens (including phenoxy) is 1. The van der Waals surface area contributed by atoms with Gasteiger partial charge in [0.1, 0.15) is 5.82 Å². The number of rotatable bonds is 5. The molecule has 0 spiro atoms. The lowest BCUT2D eigenvalue weighted by Crippen LogP contribution is -2.30. The minimum Gasteiger partial charge on any atom is -0.452 e. The Bertz CT molecular complexity index is 720. The molecule has 0 saturated heterocycles. The second-order valence-electron chi connectivity index (χ2n) is 4.94. The Kier molecular flexibility index (Phi) is 5.87. The van der Waals surface area contributed by atoms with Gasteiger partial charge in [-0.15, -0.1) is 0 Å². The number of esters is 1. The zero-order valence-corrected chi connectivity index (χ0v) is 14.0. The van der Waals surface area contributed by atoms with Gasteiger partial charge in [-0.2, -0.15) is 0 Å². The van der Waals surface area contributed by atoms with Crippen LogP contribution >= 0.6 is 15.9 Å². The third kappa shape index (κ3) is 5.49. The maximum atomic E-state index is 13.1. The Balaban J connectivity index is 1.89. The minimum absolute atomic E-state index is 0.0910. The molecule has 0 aliphatic rings. The predicted octanol–water partition coefficient (Wildman–Crippen LogP) is 3.70. The van der Waals surface area contributed by atoms with E-state index in [0.717, 1.165) is 4.47 Å². The van der Waals surface area contributed by atoms with E-state index in [1.54, 1.807) is 24.3 Å². The summed E-state index contributed by atoms with van der Waals surface area (Å²) >= 11 is 3.30. The van der Waals surface area contributed by atoms with E-state index < -0.39 is 23.8 Å².